The summed E-state index contributed by atoms with van der Waals surface area (Å²) in [4.78, 5) is 28.0. The number of aliphatic hydroxyl groups excluding tert-OH is 2. The van der Waals surface area contributed by atoms with E-state index in [-0.39, 0.29) is 11.6 Å². The molecule has 1 fully saturated rings. The normalized spacial score (nSPS) is 26.4. The molecule has 15 heteroatoms. The number of esters is 1. The number of benzene rings is 1. The van der Waals surface area contributed by atoms with Gasteiger partial charge in [0.1, 0.15) is 36.4 Å². The zero-order valence-corrected chi connectivity index (χ0v) is 20.8. The molecule has 0 radical (unpaired) electrons. The zero-order valence-electron chi connectivity index (χ0n) is 19.9. The first-order valence-corrected chi connectivity index (χ1v) is 12.5. The van der Waals surface area contributed by atoms with Gasteiger partial charge in [-0.1, -0.05) is 18.2 Å². The van der Waals surface area contributed by atoms with Crippen LogP contribution in [-0.2, 0) is 23.4 Å². The van der Waals surface area contributed by atoms with Gasteiger partial charge in [0, 0.05) is 6.20 Å². The van der Waals surface area contributed by atoms with Crippen LogP contribution in [0.4, 0.5) is 5.82 Å². The summed E-state index contributed by atoms with van der Waals surface area (Å²) in [5.41, 5.74) is 8.64. The second kappa shape index (κ2) is 11.0. The van der Waals surface area contributed by atoms with Gasteiger partial charge in [-0.15, -0.1) is 0 Å². The van der Waals surface area contributed by atoms with E-state index in [1.807, 2.05) is 0 Å². The molecular formula is C21H30N5O9P. The Hall–Kier alpha value is -2.84. The largest absolute Gasteiger partial charge is 0.462 e. The average Bonchev–Trinajstić information content (AvgIpc) is 3.02. The van der Waals surface area contributed by atoms with Crippen molar-refractivity contribution >= 4 is 19.5 Å². The van der Waals surface area contributed by atoms with E-state index in [0.717, 1.165) is 4.57 Å². The minimum Gasteiger partial charge on any atom is -0.462 e. The summed E-state index contributed by atoms with van der Waals surface area (Å²) in [5, 5.41) is 23.6. The molecule has 198 valence electrons. The van der Waals surface area contributed by atoms with E-state index in [2.05, 4.69) is 10.1 Å². The Morgan fingerprint density at radius 2 is 1.94 bits per heavy atom. The summed E-state index contributed by atoms with van der Waals surface area (Å²) < 4.78 is 36.2. The van der Waals surface area contributed by atoms with Crippen LogP contribution in [0.2, 0.25) is 0 Å². The van der Waals surface area contributed by atoms with Crippen LogP contribution >= 0.6 is 7.75 Å². The standard InChI is InChI=1S/C21H30N5O9P/c1-12(2)33-19(29)13(3)25-36(31,35-14-7-5-4-6-8-14)32-11-21(23)17(28)16(27)18(34-21)26-10-9-15(22)24-20(26)30/h4-10,12-13,16-18,27-28H,11,23H2,1-3H3,(H,25,31)(H2,22,24,30)/t13?,16-,17+,18-,21-,36?/m1/s1. The van der Waals surface area contributed by atoms with Crippen molar-refractivity contribution in [2.24, 2.45) is 5.73 Å². The molecule has 0 saturated carbocycles. The molecule has 36 heavy (non-hydrogen) atoms. The molecule has 1 saturated heterocycles. The number of aromatic nitrogens is 2. The summed E-state index contributed by atoms with van der Waals surface area (Å²) in [5.74, 6) is -0.619. The Bertz CT molecular complexity index is 1160. The first-order chi connectivity index (χ1) is 16.8. The summed E-state index contributed by atoms with van der Waals surface area (Å²) in [6, 6.07) is 8.15. The summed E-state index contributed by atoms with van der Waals surface area (Å²) in [6.45, 7) is 3.93. The molecule has 2 aromatic rings. The van der Waals surface area contributed by atoms with Crippen molar-refractivity contribution in [3.63, 3.8) is 0 Å². The second-order valence-corrected chi connectivity index (χ2v) is 10.1. The second-order valence-electron chi connectivity index (χ2n) is 8.45. The molecule has 1 aliphatic heterocycles. The lowest BCUT2D eigenvalue weighted by Gasteiger charge is -2.30. The van der Waals surface area contributed by atoms with Crippen molar-refractivity contribution in [1.82, 2.24) is 14.6 Å². The fraction of sp³-hybridized carbons (Fsp3) is 0.476. The van der Waals surface area contributed by atoms with Crippen LogP contribution in [0.15, 0.2) is 47.4 Å². The molecular weight excluding hydrogens is 497 g/mol. The lowest BCUT2D eigenvalue weighted by Crippen LogP contribution is -2.54. The van der Waals surface area contributed by atoms with Gasteiger partial charge < -0.3 is 29.9 Å². The molecule has 0 bridgehead atoms. The highest BCUT2D eigenvalue weighted by Crippen LogP contribution is 2.47. The number of nitrogen functional groups attached to an aromatic ring is 1. The lowest BCUT2D eigenvalue weighted by molar-refractivity contribution is -0.149. The number of hydrogen-bond donors (Lipinski definition) is 5. The molecule has 0 aliphatic carbocycles. The number of anilines is 1. The number of nitrogens with two attached hydrogens (primary N) is 2. The smallest absolute Gasteiger partial charge is 0.459 e. The number of aliphatic hydroxyl groups is 2. The highest BCUT2D eigenvalue weighted by molar-refractivity contribution is 7.52. The van der Waals surface area contributed by atoms with Crippen molar-refractivity contribution in [3.05, 3.63) is 53.1 Å². The number of para-hydroxylation sites is 1. The number of hydrogen-bond acceptors (Lipinski definition) is 12. The Labute approximate surface area is 206 Å². The third kappa shape index (κ3) is 6.48. The van der Waals surface area contributed by atoms with E-state index in [1.165, 1.54) is 31.3 Å². The first kappa shape index (κ1) is 27.7. The molecule has 7 N–H and O–H groups in total. The molecule has 6 atom stereocenters. The third-order valence-electron chi connectivity index (χ3n) is 5.07. The predicted molar refractivity (Wildman–Crippen MR) is 126 cm³/mol. The van der Waals surface area contributed by atoms with Gasteiger partial charge in [-0.2, -0.15) is 10.1 Å². The van der Waals surface area contributed by atoms with Crippen molar-refractivity contribution < 1.29 is 38.1 Å². The predicted octanol–water partition coefficient (Wildman–Crippen LogP) is -0.135. The van der Waals surface area contributed by atoms with Crippen LogP contribution in [0.5, 0.6) is 5.75 Å². The highest BCUT2D eigenvalue weighted by atomic mass is 31.2. The summed E-state index contributed by atoms with van der Waals surface area (Å²) in [6.07, 6.45) is -4.11. The highest BCUT2D eigenvalue weighted by Gasteiger charge is 2.54. The van der Waals surface area contributed by atoms with Crippen LogP contribution in [0, 0.1) is 0 Å². The fourth-order valence-electron chi connectivity index (χ4n) is 3.29. The molecule has 0 spiro atoms. The van der Waals surface area contributed by atoms with Crippen LogP contribution in [0.25, 0.3) is 0 Å². The topological polar surface area (TPSA) is 210 Å². The monoisotopic (exact) mass is 527 g/mol. The number of nitrogens with one attached hydrogen (secondary N) is 1. The Morgan fingerprint density at radius 1 is 1.28 bits per heavy atom. The third-order valence-corrected chi connectivity index (χ3v) is 6.69. The number of carbonyl (C=O) groups is 1. The number of rotatable bonds is 10. The first-order valence-electron chi connectivity index (χ1n) is 11.0. The van der Waals surface area contributed by atoms with E-state index >= 15 is 0 Å². The van der Waals surface area contributed by atoms with Gasteiger partial charge in [0.15, 0.2) is 12.0 Å². The van der Waals surface area contributed by atoms with E-state index in [1.54, 1.807) is 32.0 Å². The SMILES string of the molecule is CC(C)OC(=O)C(C)NP(=O)(OC[C@@]1(N)O[C@@H](n2ccc(N)nc2=O)[C@H](O)[C@@H]1O)Oc1ccccc1. The summed E-state index contributed by atoms with van der Waals surface area (Å²) in [7, 11) is -4.34. The molecule has 2 heterocycles. The zero-order chi connectivity index (χ0) is 26.7. The van der Waals surface area contributed by atoms with E-state index < -0.39 is 62.3 Å². The van der Waals surface area contributed by atoms with Gasteiger partial charge in [0.25, 0.3) is 0 Å². The Morgan fingerprint density at radius 3 is 2.56 bits per heavy atom. The van der Waals surface area contributed by atoms with Gasteiger partial charge in [-0.3, -0.25) is 19.6 Å². The van der Waals surface area contributed by atoms with Crippen molar-refractivity contribution in [1.29, 1.82) is 0 Å². The molecule has 2 unspecified atom stereocenters. The maximum absolute atomic E-state index is 13.6. The average molecular weight is 527 g/mol. The van der Waals surface area contributed by atoms with Crippen LogP contribution < -0.4 is 26.8 Å². The molecule has 1 aliphatic rings. The van der Waals surface area contributed by atoms with Crippen molar-refractivity contribution in [2.75, 3.05) is 12.3 Å². The fourth-order valence-corrected chi connectivity index (χ4v) is 4.82. The van der Waals surface area contributed by atoms with Gasteiger partial charge in [-0.05, 0) is 39.0 Å². The van der Waals surface area contributed by atoms with Crippen LogP contribution in [0.3, 0.4) is 0 Å². The van der Waals surface area contributed by atoms with Gasteiger partial charge in [-0.25, -0.2) is 9.36 Å². The maximum Gasteiger partial charge on any atom is 0.459 e. The van der Waals surface area contributed by atoms with Gasteiger partial charge in [0.2, 0.25) is 0 Å². The number of ether oxygens (including phenoxy) is 2. The van der Waals surface area contributed by atoms with E-state index in [4.69, 9.17) is 30.0 Å². The summed E-state index contributed by atoms with van der Waals surface area (Å²) >= 11 is 0. The molecule has 3 rings (SSSR count). The molecule has 14 nitrogen and oxygen atoms in total. The number of carbonyl (C=O) groups excluding carboxylic acids is 1. The quantitative estimate of drug-likeness (QED) is 0.201. The minimum absolute atomic E-state index is 0.0539. The number of nitrogens with zero attached hydrogens (tertiary/aromatic N) is 2. The van der Waals surface area contributed by atoms with Crippen LogP contribution in [0.1, 0.15) is 27.0 Å². The van der Waals surface area contributed by atoms with E-state index in [9.17, 15) is 24.4 Å². The molecule has 0 amide bonds. The van der Waals surface area contributed by atoms with Crippen molar-refractivity contribution in [3.8, 4) is 5.75 Å². The van der Waals surface area contributed by atoms with E-state index in [0.29, 0.717) is 0 Å². The lowest BCUT2D eigenvalue weighted by atomic mass is 10.1. The van der Waals surface area contributed by atoms with Crippen molar-refractivity contribution in [2.45, 2.75) is 57.1 Å². The molecule has 1 aromatic heterocycles. The minimum atomic E-state index is -4.34. The van der Waals surface area contributed by atoms with Gasteiger partial charge in [0.05, 0.1) is 6.10 Å². The Balaban J connectivity index is 1.81. The maximum atomic E-state index is 13.6. The van der Waals surface area contributed by atoms with Crippen LogP contribution in [-0.4, -0.2) is 62.4 Å². The van der Waals surface area contributed by atoms with Gasteiger partial charge >= 0.3 is 19.4 Å². The molecule has 1 aromatic carbocycles. The Kier molecular flexibility index (Phi) is 8.52.